The summed E-state index contributed by atoms with van der Waals surface area (Å²) in [7, 11) is 0. The number of nitrogens with one attached hydrogen (secondary N) is 3. The molecule has 2 saturated heterocycles. The van der Waals surface area contributed by atoms with Crippen molar-refractivity contribution >= 4 is 57.4 Å². The number of halogens is 2. The van der Waals surface area contributed by atoms with E-state index in [-0.39, 0.29) is 24.0 Å². The zero-order chi connectivity index (χ0) is 35.5. The molecule has 258 valence electrons. The number of hydrogen-bond donors (Lipinski definition) is 3. The highest BCUT2D eigenvalue weighted by Gasteiger charge is 2.37. The van der Waals surface area contributed by atoms with E-state index in [9.17, 15) is 14.9 Å². The van der Waals surface area contributed by atoms with E-state index in [1.54, 1.807) is 12.1 Å². The van der Waals surface area contributed by atoms with Crippen LogP contribution in [0.2, 0.25) is 10.0 Å². The Labute approximate surface area is 309 Å². The van der Waals surface area contributed by atoms with Gasteiger partial charge >= 0.3 is 6.03 Å². The molecule has 0 unspecified atom stereocenters. The van der Waals surface area contributed by atoms with Crippen molar-refractivity contribution < 1.29 is 9.59 Å². The Morgan fingerprint density at radius 1 is 0.942 bits per heavy atom. The Balaban J connectivity index is 1.15. The van der Waals surface area contributed by atoms with Gasteiger partial charge in [-0.15, -0.1) is 0 Å². The highest BCUT2D eigenvalue weighted by atomic mass is 35.5. The summed E-state index contributed by atoms with van der Waals surface area (Å²) in [6.45, 7) is 2.79. The topological polar surface area (TPSA) is 122 Å². The standard InChI is InChI=1S/C40H32Cl2N8O2/c41-26-9-7-25(8-10-26)37-29-19-27(42)20-31-33(29)34(38-35(45-22-50(37)38)24-4-2-1-3-5-24)36(46-31)39(51)47-30-18-23(21-43)6-11-32(30)48-15-12-28(13-16-48)49-17-14-44-40(49)52/h1-11,18-20,22,28,37,46H,12-17H2,(H,44,52)(H,47,51)/t37-/m1/s1. The van der Waals surface area contributed by atoms with E-state index in [2.05, 4.69) is 31.2 Å². The van der Waals surface area contributed by atoms with Crippen molar-refractivity contribution in [3.8, 4) is 28.6 Å². The van der Waals surface area contributed by atoms with E-state index < -0.39 is 0 Å². The van der Waals surface area contributed by atoms with Gasteiger partial charge in [0.15, 0.2) is 0 Å². The van der Waals surface area contributed by atoms with Crippen molar-refractivity contribution in [2.45, 2.75) is 24.9 Å². The quantitative estimate of drug-likeness (QED) is 0.160. The lowest BCUT2D eigenvalue weighted by atomic mass is 9.88. The molecule has 0 bridgehead atoms. The lowest BCUT2D eigenvalue weighted by Crippen LogP contribution is -2.46. The molecular weight excluding hydrogens is 695 g/mol. The molecule has 3 aliphatic rings. The molecule has 0 aliphatic carbocycles. The normalized spacial score (nSPS) is 16.9. The van der Waals surface area contributed by atoms with Crippen LogP contribution in [0.15, 0.2) is 91.3 Å². The van der Waals surface area contributed by atoms with Crippen molar-refractivity contribution in [2.24, 2.45) is 0 Å². The fraction of sp³-hybridized carbons (Fsp3) is 0.200. The average Bonchev–Trinajstić information content (AvgIpc) is 3.90. The van der Waals surface area contributed by atoms with Gasteiger partial charge in [-0.2, -0.15) is 5.26 Å². The summed E-state index contributed by atoms with van der Waals surface area (Å²) in [4.78, 5) is 39.5. The molecule has 6 aromatic rings. The van der Waals surface area contributed by atoms with E-state index in [1.165, 1.54) is 0 Å². The number of aromatic nitrogens is 3. The summed E-state index contributed by atoms with van der Waals surface area (Å²) in [6, 6.07) is 29.0. The number of anilines is 2. The summed E-state index contributed by atoms with van der Waals surface area (Å²) in [5.74, 6) is -0.357. The summed E-state index contributed by atoms with van der Waals surface area (Å²) in [5, 5.41) is 18.0. The van der Waals surface area contributed by atoms with Gasteiger partial charge in [0, 0.05) is 64.3 Å². The monoisotopic (exact) mass is 726 g/mol. The molecule has 3 aliphatic heterocycles. The zero-order valence-electron chi connectivity index (χ0n) is 27.9. The first kappa shape index (κ1) is 32.2. The number of urea groups is 1. The van der Waals surface area contributed by atoms with Crippen LogP contribution in [0.4, 0.5) is 16.2 Å². The third kappa shape index (κ3) is 5.36. The predicted octanol–water partition coefficient (Wildman–Crippen LogP) is 8.07. The van der Waals surface area contributed by atoms with Gasteiger partial charge in [-0.25, -0.2) is 9.78 Å². The maximum absolute atomic E-state index is 14.7. The van der Waals surface area contributed by atoms with Crippen molar-refractivity contribution in [1.29, 1.82) is 5.26 Å². The molecule has 10 nitrogen and oxygen atoms in total. The molecule has 5 heterocycles. The van der Waals surface area contributed by atoms with Crippen LogP contribution in [0.1, 0.15) is 46.1 Å². The summed E-state index contributed by atoms with van der Waals surface area (Å²) in [6.07, 6.45) is 3.43. The number of nitriles is 1. The molecule has 3 amide bonds. The Morgan fingerprint density at radius 3 is 2.46 bits per heavy atom. The van der Waals surface area contributed by atoms with E-state index in [1.807, 2.05) is 84.0 Å². The van der Waals surface area contributed by atoms with Gasteiger partial charge in [0.25, 0.3) is 5.91 Å². The molecule has 2 aromatic heterocycles. The number of carbonyl (C=O) groups is 2. The number of imidazole rings is 1. The van der Waals surface area contributed by atoms with E-state index in [0.29, 0.717) is 53.2 Å². The first-order valence-corrected chi connectivity index (χ1v) is 18.0. The van der Waals surface area contributed by atoms with E-state index in [0.717, 1.165) is 63.1 Å². The first-order valence-electron chi connectivity index (χ1n) is 17.3. The van der Waals surface area contributed by atoms with Gasteiger partial charge in [-0.3, -0.25) is 4.79 Å². The fourth-order valence-corrected chi connectivity index (χ4v) is 8.47. The van der Waals surface area contributed by atoms with Crippen LogP contribution in [-0.2, 0) is 0 Å². The van der Waals surface area contributed by atoms with Crippen LogP contribution in [0, 0.1) is 11.3 Å². The third-order valence-electron chi connectivity index (χ3n) is 10.5. The second-order valence-electron chi connectivity index (χ2n) is 13.4. The molecule has 9 rings (SSSR count). The number of carbonyl (C=O) groups excluding carboxylic acids is 2. The maximum atomic E-state index is 14.7. The van der Waals surface area contributed by atoms with Gasteiger partial charge in [0.05, 0.1) is 46.8 Å². The van der Waals surface area contributed by atoms with Crippen molar-refractivity contribution in [2.75, 3.05) is 36.4 Å². The number of nitrogens with zero attached hydrogens (tertiary/aromatic N) is 5. The van der Waals surface area contributed by atoms with Crippen LogP contribution >= 0.6 is 23.2 Å². The Morgan fingerprint density at radius 2 is 1.73 bits per heavy atom. The van der Waals surface area contributed by atoms with Crippen LogP contribution in [-0.4, -0.2) is 63.6 Å². The number of aromatic amines is 1. The number of hydrogen-bond acceptors (Lipinski definition) is 5. The summed E-state index contributed by atoms with van der Waals surface area (Å²) >= 11 is 13.1. The van der Waals surface area contributed by atoms with Crippen LogP contribution in [0.25, 0.3) is 33.4 Å². The van der Waals surface area contributed by atoms with Crippen molar-refractivity contribution in [1.82, 2.24) is 24.8 Å². The Kier molecular flexibility index (Phi) is 7.91. The SMILES string of the molecule is N#Cc1ccc(N2CCC(N3CCNC3=O)CC2)c(NC(=O)c2[nH]c3cc(Cl)cc4c3c2-c2c(-c3ccccc3)ncn2[C@@H]4c2ccc(Cl)cc2)c1. The highest BCUT2D eigenvalue weighted by Crippen LogP contribution is 2.50. The smallest absolute Gasteiger partial charge is 0.317 e. The minimum absolute atomic E-state index is 0.00670. The number of H-pyrrole nitrogens is 1. The predicted molar refractivity (Wildman–Crippen MR) is 203 cm³/mol. The minimum atomic E-state index is -0.357. The Hall–Kier alpha value is -5.76. The van der Waals surface area contributed by atoms with Gasteiger partial charge < -0.3 is 30.0 Å². The lowest BCUT2D eigenvalue weighted by Gasteiger charge is -2.38. The van der Waals surface area contributed by atoms with Gasteiger partial charge in [-0.1, -0.05) is 65.7 Å². The molecule has 0 saturated carbocycles. The van der Waals surface area contributed by atoms with Gasteiger partial charge in [-0.05, 0) is 66.4 Å². The fourth-order valence-electron chi connectivity index (χ4n) is 8.12. The number of rotatable bonds is 6. The maximum Gasteiger partial charge on any atom is 0.317 e. The molecular formula is C40H32Cl2N8O2. The summed E-state index contributed by atoms with van der Waals surface area (Å²) in [5.41, 5.74) is 8.01. The molecule has 1 atom stereocenters. The Bertz CT molecular complexity index is 2420. The van der Waals surface area contributed by atoms with Crippen molar-refractivity contribution in [3.05, 3.63) is 124 Å². The number of amides is 3. The van der Waals surface area contributed by atoms with Gasteiger partial charge in [0.1, 0.15) is 5.69 Å². The molecule has 0 radical (unpaired) electrons. The molecule has 2 fully saturated rings. The first-order chi connectivity index (χ1) is 25.4. The third-order valence-corrected chi connectivity index (χ3v) is 10.9. The average molecular weight is 728 g/mol. The van der Waals surface area contributed by atoms with Gasteiger partial charge in [0.2, 0.25) is 0 Å². The molecule has 12 heteroatoms. The van der Waals surface area contributed by atoms with Crippen LogP contribution in [0.3, 0.4) is 0 Å². The number of fused-ring (bicyclic) bond motifs is 2. The van der Waals surface area contributed by atoms with Crippen molar-refractivity contribution in [3.63, 3.8) is 0 Å². The minimum Gasteiger partial charge on any atom is -0.370 e. The summed E-state index contributed by atoms with van der Waals surface area (Å²) < 4.78 is 2.11. The second kappa shape index (κ2) is 12.8. The van der Waals surface area contributed by atoms with Crippen LogP contribution < -0.4 is 15.5 Å². The van der Waals surface area contributed by atoms with Crippen LogP contribution in [0.5, 0.6) is 0 Å². The van der Waals surface area contributed by atoms with E-state index in [4.69, 9.17) is 28.2 Å². The lowest BCUT2D eigenvalue weighted by molar-refractivity contribution is 0.102. The number of piperidine rings is 1. The molecule has 0 spiro atoms. The molecule has 52 heavy (non-hydrogen) atoms. The zero-order valence-corrected chi connectivity index (χ0v) is 29.4. The molecule has 4 aromatic carbocycles. The molecule has 3 N–H and O–H groups in total. The largest absolute Gasteiger partial charge is 0.370 e. The van der Waals surface area contributed by atoms with E-state index >= 15 is 0 Å². The highest BCUT2D eigenvalue weighted by molar-refractivity contribution is 6.32. The second-order valence-corrected chi connectivity index (χ2v) is 14.3. The number of benzene rings is 4.